The van der Waals surface area contributed by atoms with Crippen molar-refractivity contribution in [3.8, 4) is 0 Å². The first-order chi connectivity index (χ1) is 0. The largest absolute Gasteiger partial charge is 2.00 e. The van der Waals surface area contributed by atoms with Gasteiger partial charge in [0, 0.05) is 21.7 Å². The minimum Gasteiger partial charge on any atom is -1.00 e. The Morgan fingerprint density at radius 2 is 1.25 bits per heavy atom. The Hall–Kier alpha value is 2.75. The van der Waals surface area contributed by atoms with E-state index in [9.17, 15) is 0 Å². The molecule has 0 spiro atoms. The summed E-state index contributed by atoms with van der Waals surface area (Å²) in [7, 11) is 0. The maximum atomic E-state index is 0. The number of hydrogen-bond acceptors (Lipinski definition) is 0. The summed E-state index contributed by atoms with van der Waals surface area (Å²) < 4.78 is 0. The van der Waals surface area contributed by atoms with Gasteiger partial charge in [0.1, 0.15) is 0 Å². The molecule has 0 aliphatic carbocycles. The molecule has 0 aromatic heterocycles. The molecule has 0 fully saturated rings. The molecule has 1 nitrogen and oxygen atoms in total. The van der Waals surface area contributed by atoms with Crippen molar-refractivity contribution in [1.29, 1.82) is 0 Å². The molecule has 0 aromatic carbocycles. The van der Waals surface area contributed by atoms with Gasteiger partial charge in [-0.15, -0.1) is 0 Å². The molecule has 0 amide bonds. The fraction of sp³-hybridized carbons (Fsp3) is 0. The normalized spacial score (nSPS) is 0. The molecule has 4 heavy (non-hydrogen) atoms. The van der Waals surface area contributed by atoms with Crippen LogP contribution in [0.2, 0.25) is 0 Å². The third-order valence-corrected chi connectivity index (χ3v) is 0. The Bertz CT molecular complexity index is 14.9. The summed E-state index contributed by atoms with van der Waals surface area (Å²) in [6.45, 7) is 0. The molecule has 0 aliphatic rings. The molecule has 0 saturated carbocycles. The third kappa shape index (κ3) is 8.83. The van der Waals surface area contributed by atoms with Gasteiger partial charge in [-0.2, -0.15) is 0 Å². The fourth-order valence-corrected chi connectivity index (χ4v) is 0. The number of hydrogen-bond donors (Lipinski definition) is 0. The van der Waals surface area contributed by atoms with E-state index in [1.807, 2.05) is 0 Å². The van der Waals surface area contributed by atoms with Crippen molar-refractivity contribution >= 4 is 45.5 Å². The Morgan fingerprint density at radius 3 is 1.25 bits per heavy atom. The molecular weight excluding hydrogens is 158 g/mol. The molecule has 0 unspecified atom stereocenters. The van der Waals surface area contributed by atoms with Crippen LogP contribution >= 0.6 is 0 Å². The standard InChI is InChI=1S/Li.H2O.Sr.Ti.3H/h;1H2;;;;;/q+1;;+2;;3*-1. The molecule has 0 saturated heterocycles. The van der Waals surface area contributed by atoms with Crippen LogP contribution in [-0.4, -0.2) is 51.0 Å². The molecule has 0 heterocycles. The SMILES string of the molecule is O.[H-].[H-].[H-].[Li+].[Sr+2].[Ti]. The van der Waals surface area contributed by atoms with Crippen LogP contribution in [0.1, 0.15) is 4.28 Å². The Labute approximate surface area is 94.0 Å². The van der Waals surface area contributed by atoms with Gasteiger partial charge in [-0.25, -0.2) is 0 Å². The summed E-state index contributed by atoms with van der Waals surface area (Å²) in [4.78, 5) is 0. The van der Waals surface area contributed by atoms with E-state index >= 15 is 0 Å². The van der Waals surface area contributed by atoms with E-state index in [2.05, 4.69) is 0 Å². The summed E-state index contributed by atoms with van der Waals surface area (Å²) in [6, 6.07) is 0. The van der Waals surface area contributed by atoms with Crippen molar-refractivity contribution in [3.05, 3.63) is 0 Å². The quantitative estimate of drug-likeness (QED) is 0.328. The third-order valence-electron chi connectivity index (χ3n) is 0. The summed E-state index contributed by atoms with van der Waals surface area (Å²) in [5.74, 6) is 0. The van der Waals surface area contributed by atoms with Crippen LogP contribution in [0.5, 0.6) is 0 Å². The average Bonchev–Trinajstić information content (AvgIpc) is 0. The molecule has 0 radical (unpaired) electrons. The zero-order valence-corrected chi connectivity index (χ0v) is 7.74. The van der Waals surface area contributed by atoms with Crippen LogP contribution in [0.15, 0.2) is 0 Å². The van der Waals surface area contributed by atoms with Gasteiger partial charge in [0.2, 0.25) is 0 Å². The first-order valence-corrected chi connectivity index (χ1v) is 0. The minimum absolute atomic E-state index is 0. The Kier molecular flexibility index (Phi) is 126. The smallest absolute Gasteiger partial charge is 1.00 e. The van der Waals surface area contributed by atoms with Gasteiger partial charge in [-0.3, -0.25) is 0 Å². The molecule has 18 valence electrons. The fourth-order valence-electron chi connectivity index (χ4n) is 0. The first kappa shape index (κ1) is 29.5. The monoisotopic (exact) mass is 164 g/mol. The van der Waals surface area contributed by atoms with E-state index < -0.39 is 0 Å². The van der Waals surface area contributed by atoms with E-state index in [1.54, 1.807) is 0 Å². The van der Waals surface area contributed by atoms with Crippen molar-refractivity contribution in [1.82, 2.24) is 0 Å². The van der Waals surface area contributed by atoms with Crippen LogP contribution in [0.4, 0.5) is 0 Å². The van der Waals surface area contributed by atoms with Gasteiger partial charge >= 0.3 is 64.3 Å². The molecule has 0 aromatic rings. The van der Waals surface area contributed by atoms with E-state index in [-0.39, 0.29) is 95.8 Å². The predicted molar refractivity (Wildman–Crippen MR) is 12.7 cm³/mol. The summed E-state index contributed by atoms with van der Waals surface area (Å²) in [5.41, 5.74) is 0. The molecule has 0 bridgehead atoms. The van der Waals surface area contributed by atoms with Gasteiger partial charge in [0.15, 0.2) is 0 Å². The Balaban J connectivity index is 0. The van der Waals surface area contributed by atoms with Crippen LogP contribution in [0.3, 0.4) is 0 Å². The molecule has 0 atom stereocenters. The second-order valence-corrected chi connectivity index (χ2v) is 0. The van der Waals surface area contributed by atoms with Gasteiger partial charge in [0.05, 0.1) is 0 Å². The van der Waals surface area contributed by atoms with Crippen molar-refractivity contribution in [2.75, 3.05) is 0 Å². The zero-order chi connectivity index (χ0) is 0. The van der Waals surface area contributed by atoms with E-state index in [0.717, 1.165) is 0 Å². The van der Waals surface area contributed by atoms with Gasteiger partial charge in [-0.1, -0.05) is 0 Å². The second-order valence-electron chi connectivity index (χ2n) is 0. The van der Waals surface area contributed by atoms with Crippen molar-refractivity contribution < 1.29 is 50.3 Å². The van der Waals surface area contributed by atoms with Crippen LogP contribution in [0, 0.1) is 0 Å². The van der Waals surface area contributed by atoms with Crippen molar-refractivity contribution in [2.45, 2.75) is 0 Å². The molecule has 0 rings (SSSR count). The van der Waals surface area contributed by atoms with Gasteiger partial charge < -0.3 is 9.76 Å². The summed E-state index contributed by atoms with van der Waals surface area (Å²) in [6.07, 6.45) is 0. The van der Waals surface area contributed by atoms with E-state index in [4.69, 9.17) is 0 Å². The number of rotatable bonds is 0. The zero-order valence-electron chi connectivity index (χ0n) is 5.71. The second kappa shape index (κ2) is 17.1. The van der Waals surface area contributed by atoms with Gasteiger partial charge in [0.25, 0.3) is 0 Å². The van der Waals surface area contributed by atoms with Crippen LogP contribution in [-0.2, 0) is 21.7 Å². The van der Waals surface area contributed by atoms with Crippen LogP contribution in [0.25, 0.3) is 0 Å². The van der Waals surface area contributed by atoms with Crippen LogP contribution < -0.4 is 18.9 Å². The van der Waals surface area contributed by atoms with Crippen molar-refractivity contribution in [3.63, 3.8) is 0 Å². The maximum absolute atomic E-state index is 0. The van der Waals surface area contributed by atoms with Gasteiger partial charge in [-0.05, 0) is 0 Å². The average molecular weight is 163 g/mol. The van der Waals surface area contributed by atoms with E-state index in [0.29, 0.717) is 0 Å². The van der Waals surface area contributed by atoms with Crippen molar-refractivity contribution in [2.24, 2.45) is 0 Å². The minimum atomic E-state index is 0. The molecule has 2 N–H and O–H groups in total. The summed E-state index contributed by atoms with van der Waals surface area (Å²) >= 11 is 0. The Morgan fingerprint density at radius 1 is 1.25 bits per heavy atom. The molecule has 0 aliphatic heterocycles. The van der Waals surface area contributed by atoms with E-state index in [1.165, 1.54) is 0 Å². The first-order valence-electron chi connectivity index (χ1n) is 0. The maximum Gasteiger partial charge on any atom is 2.00 e. The topological polar surface area (TPSA) is 31.5 Å². The molecular formula is H5LiOSrTi. The predicted octanol–water partition coefficient (Wildman–Crippen LogP) is -3.87. The summed E-state index contributed by atoms with van der Waals surface area (Å²) in [5, 5.41) is 0. The molecule has 4 heteroatoms.